The first kappa shape index (κ1) is 11.7. The first-order valence-electron chi connectivity index (χ1n) is 5.64. The van der Waals surface area contributed by atoms with Crippen LogP contribution in [0.1, 0.15) is 9.75 Å². The predicted octanol–water partition coefficient (Wildman–Crippen LogP) is 4.31. The van der Waals surface area contributed by atoms with Crippen LogP contribution in [-0.2, 0) is 6.54 Å². The number of hydrogen-bond donors (Lipinski definition) is 2. The van der Waals surface area contributed by atoms with E-state index in [9.17, 15) is 0 Å². The number of nitrogens with zero attached hydrogens (tertiary/aromatic N) is 1. The Labute approximate surface area is 117 Å². The van der Waals surface area contributed by atoms with Gasteiger partial charge in [-0.25, -0.2) is 0 Å². The minimum absolute atomic E-state index is 0.844. The maximum atomic E-state index is 4.02. The zero-order valence-corrected chi connectivity index (χ0v) is 12.2. The Bertz CT molecular complexity index is 667. The molecule has 0 spiro atoms. The molecule has 92 valence electrons. The third-order valence-corrected chi connectivity index (χ3v) is 4.95. The summed E-state index contributed by atoms with van der Waals surface area (Å²) in [5.74, 6) is 0. The van der Waals surface area contributed by atoms with Crippen LogP contribution >= 0.6 is 27.3 Å². The molecule has 2 N–H and O–H groups in total. The zero-order chi connectivity index (χ0) is 12.5. The van der Waals surface area contributed by atoms with Crippen molar-refractivity contribution in [2.75, 3.05) is 5.32 Å². The summed E-state index contributed by atoms with van der Waals surface area (Å²) in [7, 11) is 0. The van der Waals surface area contributed by atoms with Crippen LogP contribution in [0.3, 0.4) is 0 Å². The highest BCUT2D eigenvalue weighted by molar-refractivity contribution is 9.10. The molecule has 3 aromatic rings. The molecule has 0 aliphatic heterocycles. The highest BCUT2D eigenvalue weighted by Crippen LogP contribution is 2.27. The molecule has 18 heavy (non-hydrogen) atoms. The second-order valence-corrected chi connectivity index (χ2v) is 6.34. The number of benzene rings is 1. The van der Waals surface area contributed by atoms with Crippen LogP contribution in [0, 0.1) is 6.92 Å². The van der Waals surface area contributed by atoms with Crippen LogP contribution in [0.4, 0.5) is 5.69 Å². The summed E-state index contributed by atoms with van der Waals surface area (Å²) in [6.07, 6.45) is 1.83. The summed E-state index contributed by atoms with van der Waals surface area (Å²) in [5.41, 5.74) is 2.16. The molecule has 0 amide bonds. The van der Waals surface area contributed by atoms with Crippen molar-refractivity contribution in [1.29, 1.82) is 0 Å². The van der Waals surface area contributed by atoms with Crippen molar-refractivity contribution in [2.45, 2.75) is 13.5 Å². The fourth-order valence-corrected chi connectivity index (χ4v) is 3.38. The number of thiophene rings is 1. The Balaban J connectivity index is 1.76. The molecule has 0 saturated heterocycles. The summed E-state index contributed by atoms with van der Waals surface area (Å²) in [5, 5.41) is 11.6. The van der Waals surface area contributed by atoms with Gasteiger partial charge in [0.2, 0.25) is 0 Å². The molecule has 0 atom stereocenters. The predicted molar refractivity (Wildman–Crippen MR) is 80.2 cm³/mol. The lowest BCUT2D eigenvalue weighted by Gasteiger charge is -2.04. The first-order valence-corrected chi connectivity index (χ1v) is 7.25. The smallest absolute Gasteiger partial charge is 0.0670 e. The second kappa shape index (κ2) is 4.74. The molecule has 3 nitrogen and oxygen atoms in total. The fourth-order valence-electron chi connectivity index (χ4n) is 1.84. The zero-order valence-electron chi connectivity index (χ0n) is 9.83. The van der Waals surface area contributed by atoms with Gasteiger partial charge < -0.3 is 5.32 Å². The van der Waals surface area contributed by atoms with E-state index < -0.39 is 0 Å². The van der Waals surface area contributed by atoms with Gasteiger partial charge in [-0.1, -0.05) is 0 Å². The van der Waals surface area contributed by atoms with E-state index in [2.05, 4.69) is 62.6 Å². The molecule has 0 radical (unpaired) electrons. The molecule has 0 saturated carbocycles. The van der Waals surface area contributed by atoms with Gasteiger partial charge in [-0.15, -0.1) is 11.3 Å². The van der Waals surface area contributed by atoms with Gasteiger partial charge in [-0.2, -0.15) is 5.10 Å². The summed E-state index contributed by atoms with van der Waals surface area (Å²) in [6, 6.07) is 8.39. The van der Waals surface area contributed by atoms with Crippen molar-refractivity contribution in [3.8, 4) is 0 Å². The van der Waals surface area contributed by atoms with Crippen LogP contribution in [0.2, 0.25) is 0 Å². The Morgan fingerprint density at radius 1 is 1.39 bits per heavy atom. The molecule has 5 heteroatoms. The van der Waals surface area contributed by atoms with E-state index in [0.29, 0.717) is 0 Å². The number of fused-ring (bicyclic) bond motifs is 1. The Kier molecular flexibility index (Phi) is 3.09. The molecule has 0 fully saturated rings. The maximum Gasteiger partial charge on any atom is 0.0670 e. The Morgan fingerprint density at radius 2 is 2.28 bits per heavy atom. The monoisotopic (exact) mass is 321 g/mol. The number of aromatic amines is 1. The standard InChI is InChI=1S/C13H12BrN3S/c1-8-12(14)5-11(18-8)7-15-10-3-2-9-6-16-17-13(9)4-10/h2-6,15H,7H2,1H3,(H,16,17). The number of nitrogens with one attached hydrogen (secondary N) is 2. The second-order valence-electron chi connectivity index (χ2n) is 4.14. The number of rotatable bonds is 3. The van der Waals surface area contributed by atoms with Crippen LogP contribution in [-0.4, -0.2) is 10.2 Å². The summed E-state index contributed by atoms with van der Waals surface area (Å²) < 4.78 is 1.19. The molecule has 1 aromatic carbocycles. The van der Waals surface area contributed by atoms with Gasteiger partial charge >= 0.3 is 0 Å². The van der Waals surface area contributed by atoms with Crippen LogP contribution in [0.15, 0.2) is 34.9 Å². The molecule has 0 aliphatic rings. The number of aromatic nitrogens is 2. The van der Waals surface area contributed by atoms with E-state index in [-0.39, 0.29) is 0 Å². The van der Waals surface area contributed by atoms with E-state index in [4.69, 9.17) is 0 Å². The lowest BCUT2D eigenvalue weighted by atomic mass is 10.2. The van der Waals surface area contributed by atoms with Gasteiger partial charge in [0.25, 0.3) is 0 Å². The van der Waals surface area contributed by atoms with E-state index in [1.54, 1.807) is 0 Å². The number of halogens is 1. The van der Waals surface area contributed by atoms with Gasteiger partial charge in [-0.3, -0.25) is 5.10 Å². The first-order chi connectivity index (χ1) is 8.72. The van der Waals surface area contributed by atoms with Crippen molar-refractivity contribution >= 4 is 43.9 Å². The third kappa shape index (κ3) is 2.28. The highest BCUT2D eigenvalue weighted by Gasteiger charge is 2.03. The van der Waals surface area contributed by atoms with E-state index in [1.807, 2.05) is 17.5 Å². The molecular weight excluding hydrogens is 310 g/mol. The summed E-state index contributed by atoms with van der Waals surface area (Å²) in [6.45, 7) is 2.96. The Morgan fingerprint density at radius 3 is 3.06 bits per heavy atom. The Hall–Kier alpha value is -1.33. The van der Waals surface area contributed by atoms with E-state index in [1.165, 1.54) is 14.2 Å². The molecule has 3 rings (SSSR count). The number of hydrogen-bond acceptors (Lipinski definition) is 3. The summed E-state index contributed by atoms with van der Waals surface area (Å²) in [4.78, 5) is 2.64. The van der Waals surface area contributed by atoms with Gasteiger partial charge in [0, 0.05) is 31.8 Å². The quantitative estimate of drug-likeness (QED) is 0.754. The van der Waals surface area contributed by atoms with Crippen LogP contribution in [0.5, 0.6) is 0 Å². The van der Waals surface area contributed by atoms with Crippen molar-refractivity contribution in [1.82, 2.24) is 10.2 Å². The van der Waals surface area contributed by atoms with Crippen molar-refractivity contribution in [2.24, 2.45) is 0 Å². The van der Waals surface area contributed by atoms with Crippen molar-refractivity contribution in [3.63, 3.8) is 0 Å². The largest absolute Gasteiger partial charge is 0.380 e. The van der Waals surface area contributed by atoms with Crippen LogP contribution < -0.4 is 5.32 Å². The lowest BCUT2D eigenvalue weighted by Crippen LogP contribution is -1.96. The minimum atomic E-state index is 0.844. The molecule has 0 bridgehead atoms. The van der Waals surface area contributed by atoms with Gasteiger partial charge in [0.05, 0.1) is 11.7 Å². The minimum Gasteiger partial charge on any atom is -0.380 e. The third-order valence-electron chi connectivity index (χ3n) is 2.82. The molecule has 0 aliphatic carbocycles. The van der Waals surface area contributed by atoms with E-state index in [0.717, 1.165) is 23.1 Å². The molecule has 0 unspecified atom stereocenters. The van der Waals surface area contributed by atoms with E-state index >= 15 is 0 Å². The number of aryl methyl sites for hydroxylation is 1. The SMILES string of the molecule is Cc1sc(CNc2ccc3cn[nH]c3c2)cc1Br. The topological polar surface area (TPSA) is 40.7 Å². The molecule has 2 aromatic heterocycles. The van der Waals surface area contributed by atoms with Crippen molar-refractivity contribution in [3.05, 3.63) is 44.7 Å². The average Bonchev–Trinajstić information content (AvgIpc) is 2.94. The highest BCUT2D eigenvalue weighted by atomic mass is 79.9. The maximum absolute atomic E-state index is 4.02. The lowest BCUT2D eigenvalue weighted by molar-refractivity contribution is 1.12. The van der Waals surface area contributed by atoms with Gasteiger partial charge in [-0.05, 0) is 47.1 Å². The average molecular weight is 322 g/mol. The fraction of sp³-hybridized carbons (Fsp3) is 0.154. The normalized spacial score (nSPS) is 11.0. The number of anilines is 1. The van der Waals surface area contributed by atoms with Gasteiger partial charge in [0.15, 0.2) is 0 Å². The number of H-pyrrole nitrogens is 1. The van der Waals surface area contributed by atoms with Crippen molar-refractivity contribution < 1.29 is 0 Å². The summed E-state index contributed by atoms with van der Waals surface area (Å²) >= 11 is 5.35. The molecule has 2 heterocycles. The van der Waals surface area contributed by atoms with Gasteiger partial charge in [0.1, 0.15) is 0 Å². The molecular formula is C13H12BrN3S. The van der Waals surface area contributed by atoms with Crippen LogP contribution in [0.25, 0.3) is 10.9 Å².